The number of carbonyl (C=O) groups excluding carboxylic acids is 3. The fourth-order valence-corrected chi connectivity index (χ4v) is 6.53. The number of aromatic hydroxyl groups is 1. The van der Waals surface area contributed by atoms with Gasteiger partial charge in [-0.25, -0.2) is 0 Å². The summed E-state index contributed by atoms with van der Waals surface area (Å²) in [5.41, 5.74) is 10.7. The lowest BCUT2D eigenvalue weighted by Gasteiger charge is -2.46. The Morgan fingerprint density at radius 1 is 1.05 bits per heavy atom. The minimum absolute atomic E-state index is 0.0347. The van der Waals surface area contributed by atoms with Gasteiger partial charge in [-0.05, 0) is 42.5 Å². The molecule has 1 fully saturated rings. The van der Waals surface area contributed by atoms with E-state index in [0.29, 0.717) is 24.2 Å². The van der Waals surface area contributed by atoms with Crippen molar-refractivity contribution in [3.8, 4) is 5.75 Å². The molecule has 1 amide bonds. The van der Waals surface area contributed by atoms with Gasteiger partial charge in [-0.2, -0.15) is 10.2 Å². The van der Waals surface area contributed by atoms with Crippen molar-refractivity contribution in [2.75, 3.05) is 5.73 Å². The van der Waals surface area contributed by atoms with Crippen LogP contribution < -0.4 is 11.5 Å². The average molecular weight is 576 g/mol. The van der Waals surface area contributed by atoms with Crippen LogP contribution in [0.4, 0.5) is 5.69 Å². The van der Waals surface area contributed by atoms with Gasteiger partial charge < -0.3 is 31.9 Å². The van der Waals surface area contributed by atoms with Crippen molar-refractivity contribution in [3.63, 3.8) is 0 Å². The molecule has 1 unspecified atom stereocenters. The largest absolute Gasteiger partial charge is 0.508 e. The number of aliphatic hydroxyl groups excluding tert-OH is 2. The van der Waals surface area contributed by atoms with E-state index in [0.717, 1.165) is 11.4 Å². The van der Waals surface area contributed by atoms with E-state index in [-0.39, 0.29) is 48.4 Å². The fourth-order valence-electron chi connectivity index (χ4n) is 6.53. The second-order valence-corrected chi connectivity index (χ2v) is 11.0. The number of benzene rings is 1. The number of Topliss-reactive ketones (excluding diaryl/α,β-unsaturated/α-hetero) is 2. The minimum atomic E-state index is -2.63. The van der Waals surface area contributed by atoms with Crippen molar-refractivity contribution in [2.24, 2.45) is 17.6 Å². The zero-order valence-electron chi connectivity index (χ0n) is 22.3. The van der Waals surface area contributed by atoms with Crippen molar-refractivity contribution in [1.82, 2.24) is 25.3 Å². The van der Waals surface area contributed by atoms with Crippen molar-refractivity contribution >= 4 is 28.9 Å². The Bertz CT molecular complexity index is 1640. The molecule has 0 radical (unpaired) electrons. The third-order valence-electron chi connectivity index (χ3n) is 8.48. The highest BCUT2D eigenvalue weighted by Gasteiger charge is 2.60. The monoisotopic (exact) mass is 575 g/mol. The van der Waals surface area contributed by atoms with E-state index in [2.05, 4.69) is 20.4 Å². The van der Waals surface area contributed by atoms with Crippen LogP contribution in [0.15, 0.2) is 47.5 Å². The summed E-state index contributed by atoms with van der Waals surface area (Å²) >= 11 is 0. The predicted molar refractivity (Wildman–Crippen MR) is 146 cm³/mol. The summed E-state index contributed by atoms with van der Waals surface area (Å²) in [5.74, 6) is -6.78. The number of hydrogen-bond donors (Lipinski definition) is 8. The number of aliphatic hydroxyl groups is 3. The zero-order valence-corrected chi connectivity index (χ0v) is 22.3. The maximum Gasteiger partial charge on any atom is 0.255 e. The highest BCUT2D eigenvalue weighted by molar-refractivity contribution is 6.22. The van der Waals surface area contributed by atoms with Crippen LogP contribution in [0, 0.1) is 11.8 Å². The molecule has 0 aliphatic heterocycles. The molecular formula is C28H29N7O7. The summed E-state index contributed by atoms with van der Waals surface area (Å²) in [6, 6.07) is 5.26. The van der Waals surface area contributed by atoms with Crippen LogP contribution in [0.1, 0.15) is 40.9 Å². The van der Waals surface area contributed by atoms with Crippen LogP contribution in [0.25, 0.3) is 5.76 Å². The first-order valence-corrected chi connectivity index (χ1v) is 13.3. The number of nitrogens with one attached hydrogen (secondary N) is 2. The first kappa shape index (κ1) is 27.2. The Morgan fingerprint density at radius 2 is 1.69 bits per heavy atom. The molecule has 14 nitrogen and oxygen atoms in total. The van der Waals surface area contributed by atoms with Crippen LogP contribution in [-0.4, -0.2) is 68.8 Å². The van der Waals surface area contributed by atoms with Crippen molar-refractivity contribution in [3.05, 3.63) is 75.6 Å². The molecule has 0 saturated heterocycles. The maximum atomic E-state index is 13.8. The van der Waals surface area contributed by atoms with Gasteiger partial charge in [0.2, 0.25) is 5.78 Å². The fraction of sp³-hybridized carbons (Fsp3) is 0.321. The predicted octanol–water partition coefficient (Wildman–Crippen LogP) is 0.655. The number of ketones is 2. The Kier molecular flexibility index (Phi) is 6.39. The second kappa shape index (κ2) is 9.85. The molecule has 0 bridgehead atoms. The number of amides is 1. The van der Waals surface area contributed by atoms with E-state index in [4.69, 9.17) is 11.5 Å². The molecule has 3 aliphatic rings. The number of phenolic OH excluding ortho intramolecular Hbond substituents is 1. The lowest BCUT2D eigenvalue weighted by atomic mass is 9.59. The third kappa shape index (κ3) is 4.14. The first-order chi connectivity index (χ1) is 20.0. The summed E-state index contributed by atoms with van der Waals surface area (Å²) in [6.07, 6.45) is 3.04. The molecule has 1 saturated carbocycles. The highest BCUT2D eigenvalue weighted by Crippen LogP contribution is 2.53. The van der Waals surface area contributed by atoms with Crippen LogP contribution in [0.3, 0.4) is 0 Å². The minimum Gasteiger partial charge on any atom is -0.508 e. The quantitative estimate of drug-likeness (QED) is 0.110. The Balaban J connectivity index is 1.41. The summed E-state index contributed by atoms with van der Waals surface area (Å²) in [7, 11) is 0. The summed E-state index contributed by atoms with van der Waals surface area (Å²) in [5, 5.41) is 58.9. The first-order valence-electron chi connectivity index (χ1n) is 13.3. The summed E-state index contributed by atoms with van der Waals surface area (Å²) in [4.78, 5) is 40.1. The number of nitrogens with two attached hydrogens (primary N) is 2. The van der Waals surface area contributed by atoms with E-state index in [9.17, 15) is 34.8 Å². The van der Waals surface area contributed by atoms with Gasteiger partial charge in [0.15, 0.2) is 11.4 Å². The number of primary amides is 1. The Morgan fingerprint density at radius 3 is 2.26 bits per heavy atom. The molecule has 14 heteroatoms. The van der Waals surface area contributed by atoms with Gasteiger partial charge in [0.05, 0.1) is 5.56 Å². The summed E-state index contributed by atoms with van der Waals surface area (Å²) in [6.45, 7) is 1.02. The molecule has 10 N–H and O–H groups in total. The third-order valence-corrected chi connectivity index (χ3v) is 8.48. The van der Waals surface area contributed by atoms with E-state index in [1.165, 1.54) is 0 Å². The number of nitrogens with zero attached hydrogens (tertiary/aromatic N) is 3. The number of nitrogen functional groups attached to an aromatic ring is 1. The molecule has 0 spiro atoms. The number of aromatic nitrogens is 4. The maximum absolute atomic E-state index is 13.8. The zero-order chi connectivity index (χ0) is 29.9. The van der Waals surface area contributed by atoms with Crippen LogP contribution in [0.5, 0.6) is 5.75 Å². The number of anilines is 1. The normalized spacial score (nSPS) is 23.7. The van der Waals surface area contributed by atoms with Gasteiger partial charge in [-0.3, -0.25) is 29.5 Å². The number of rotatable bonds is 7. The summed E-state index contributed by atoms with van der Waals surface area (Å²) < 4.78 is 0. The standard InChI is InChI=1S/C28H29N7O7/c29-18-7-13(9-35(10-15-1-3-31-33-15)11-16-2-4-32-34-16)23(37)21-17(18)6-12-5-14-8-19(36)22(27(30)41)26(40)28(14,42)25(39)20(12)24(21)38/h1-4,7,12,14,37-38,40,42H,5-6,8-11,29H2,(H2,30,41)(H,31,33)(H,32,34)/t12?,14-,28-/m0/s1. The topological polar surface area (TPSA) is 245 Å². The number of aromatic amines is 2. The van der Waals surface area contributed by atoms with Crippen molar-refractivity contribution < 1.29 is 34.8 Å². The molecular weight excluding hydrogens is 546 g/mol. The number of H-pyrrole nitrogens is 2. The Labute approximate surface area is 238 Å². The lowest BCUT2D eigenvalue weighted by Crippen LogP contribution is -2.58. The van der Waals surface area contributed by atoms with Gasteiger partial charge in [-0.15, -0.1) is 0 Å². The molecule has 6 rings (SSSR count). The van der Waals surface area contributed by atoms with Gasteiger partial charge in [0, 0.05) is 72.6 Å². The number of carbonyl (C=O) groups is 3. The molecule has 2 heterocycles. The molecule has 218 valence electrons. The van der Waals surface area contributed by atoms with Crippen LogP contribution in [-0.2, 0) is 40.4 Å². The number of fused-ring (bicyclic) bond motifs is 3. The molecule has 3 atom stereocenters. The molecule has 1 aromatic carbocycles. The molecule has 3 aliphatic carbocycles. The lowest BCUT2D eigenvalue weighted by molar-refractivity contribution is -0.147. The number of phenols is 1. The Hall–Kier alpha value is -4.95. The smallest absolute Gasteiger partial charge is 0.255 e. The van der Waals surface area contributed by atoms with E-state index in [1.807, 2.05) is 17.0 Å². The number of hydrogen-bond acceptors (Lipinski definition) is 11. The molecule has 2 aromatic heterocycles. The van der Waals surface area contributed by atoms with Gasteiger partial charge in [0.25, 0.3) is 5.91 Å². The second-order valence-electron chi connectivity index (χ2n) is 11.0. The van der Waals surface area contributed by atoms with E-state index in [1.54, 1.807) is 18.5 Å². The molecule has 42 heavy (non-hydrogen) atoms. The molecule has 3 aromatic rings. The van der Waals surface area contributed by atoms with Crippen molar-refractivity contribution in [1.29, 1.82) is 0 Å². The highest BCUT2D eigenvalue weighted by atomic mass is 16.3. The van der Waals surface area contributed by atoms with Gasteiger partial charge >= 0.3 is 0 Å². The van der Waals surface area contributed by atoms with E-state index >= 15 is 0 Å². The van der Waals surface area contributed by atoms with E-state index < -0.39 is 52.0 Å². The van der Waals surface area contributed by atoms with Crippen LogP contribution in [0.2, 0.25) is 0 Å². The van der Waals surface area contributed by atoms with Gasteiger partial charge in [-0.1, -0.05) is 0 Å². The van der Waals surface area contributed by atoms with Gasteiger partial charge in [0.1, 0.15) is 22.8 Å². The average Bonchev–Trinajstić information content (AvgIpc) is 3.63. The SMILES string of the molecule is NC(=O)C1=C(O)[C@@]2(O)C(=O)C3=C(O)c4c(O)c(CN(Cc5ccn[nH]5)Cc5ccn[nH]5)cc(N)c4CC3C[C@H]2CC1=O. The van der Waals surface area contributed by atoms with Crippen molar-refractivity contribution in [2.45, 2.75) is 44.5 Å². The van der Waals surface area contributed by atoms with Crippen LogP contribution >= 0.6 is 0 Å².